The summed E-state index contributed by atoms with van der Waals surface area (Å²) >= 11 is 1.53. The van der Waals surface area contributed by atoms with Crippen LogP contribution in [0.1, 0.15) is 48.7 Å². The molecule has 0 aliphatic heterocycles. The number of anilines is 1. The maximum absolute atomic E-state index is 13.3. The van der Waals surface area contributed by atoms with Crippen LogP contribution in [0.5, 0.6) is 0 Å². The van der Waals surface area contributed by atoms with Gasteiger partial charge in [-0.3, -0.25) is 14.3 Å². The first-order valence-corrected chi connectivity index (χ1v) is 10.4. The van der Waals surface area contributed by atoms with E-state index < -0.39 is 11.9 Å². The molecule has 0 saturated carbocycles. The van der Waals surface area contributed by atoms with Gasteiger partial charge in [0.1, 0.15) is 23.5 Å². The largest absolute Gasteiger partial charge is 0.308 e. The Labute approximate surface area is 170 Å². The van der Waals surface area contributed by atoms with Gasteiger partial charge in [-0.05, 0) is 37.2 Å². The first kappa shape index (κ1) is 19.3. The molecule has 2 unspecified atom stereocenters. The molecule has 4 rings (SSSR count). The van der Waals surface area contributed by atoms with E-state index in [1.807, 2.05) is 13.0 Å². The van der Waals surface area contributed by atoms with Crippen LogP contribution in [-0.4, -0.2) is 30.7 Å². The van der Waals surface area contributed by atoms with Crippen LogP contribution in [0.2, 0.25) is 0 Å². The maximum atomic E-state index is 13.3. The molecule has 3 heterocycles. The fourth-order valence-electron chi connectivity index (χ4n) is 3.81. The van der Waals surface area contributed by atoms with Crippen LogP contribution in [-0.2, 0) is 24.7 Å². The number of carbonyl (C=O) groups is 1. The predicted octanol–water partition coefficient (Wildman–Crippen LogP) is 2.17. The number of nitrogens with zero attached hydrogens (tertiary/aromatic N) is 6. The molecule has 10 heteroatoms. The number of hydrogen-bond acceptors (Lipinski definition) is 7. The summed E-state index contributed by atoms with van der Waals surface area (Å²) in [6, 6.07) is 1.16. The topological polar surface area (TPSA) is 118 Å². The average Bonchev–Trinajstić information content (AvgIpc) is 3.24. The van der Waals surface area contributed by atoms with Crippen molar-refractivity contribution in [1.29, 1.82) is 5.26 Å². The van der Waals surface area contributed by atoms with Gasteiger partial charge in [-0.1, -0.05) is 19.1 Å². The molecule has 1 aliphatic carbocycles. The number of nitrogens with one attached hydrogen (secondary N) is 1. The summed E-state index contributed by atoms with van der Waals surface area (Å²) in [4.78, 5) is 28.0. The lowest BCUT2D eigenvalue weighted by Gasteiger charge is -2.18. The number of thiophene rings is 1. The highest BCUT2D eigenvalue weighted by Crippen LogP contribution is 2.35. The zero-order chi connectivity index (χ0) is 20.7. The number of aryl methyl sites for hydroxylation is 2. The van der Waals surface area contributed by atoms with Crippen molar-refractivity contribution in [3.05, 3.63) is 32.6 Å². The van der Waals surface area contributed by atoms with Gasteiger partial charge in [0.2, 0.25) is 0 Å². The normalized spacial score (nSPS) is 17.0. The highest BCUT2D eigenvalue weighted by atomic mass is 32.1. The SMILES string of the molecule is CCC(C(=O)Nc1c(C#N)cnn1C)n1nnc2sc3c(c2c1=O)CCC(C)C3. The van der Waals surface area contributed by atoms with E-state index in [1.54, 1.807) is 7.05 Å². The first-order chi connectivity index (χ1) is 13.9. The number of carbonyl (C=O) groups excluding carboxylic acids is 1. The van der Waals surface area contributed by atoms with Crippen molar-refractivity contribution in [2.24, 2.45) is 13.0 Å². The van der Waals surface area contributed by atoms with Crippen LogP contribution < -0.4 is 10.9 Å². The molecular weight excluding hydrogens is 390 g/mol. The molecule has 1 amide bonds. The van der Waals surface area contributed by atoms with Gasteiger partial charge in [0.15, 0.2) is 4.83 Å². The summed E-state index contributed by atoms with van der Waals surface area (Å²) in [5.41, 5.74) is 1.03. The van der Waals surface area contributed by atoms with Gasteiger partial charge in [-0.15, -0.1) is 16.4 Å². The molecule has 0 saturated heterocycles. The zero-order valence-corrected chi connectivity index (χ0v) is 17.3. The lowest BCUT2D eigenvalue weighted by atomic mass is 9.89. The second-order valence-corrected chi connectivity index (χ2v) is 8.51. The third-order valence-electron chi connectivity index (χ3n) is 5.43. The quantitative estimate of drug-likeness (QED) is 0.703. The van der Waals surface area contributed by atoms with Crippen LogP contribution in [0.4, 0.5) is 5.82 Å². The predicted molar refractivity (Wildman–Crippen MR) is 109 cm³/mol. The molecule has 0 radical (unpaired) electrons. The molecule has 3 aromatic rings. The molecule has 1 aliphatic rings. The Morgan fingerprint density at radius 1 is 1.52 bits per heavy atom. The van der Waals surface area contributed by atoms with E-state index in [2.05, 4.69) is 27.7 Å². The van der Waals surface area contributed by atoms with Crippen molar-refractivity contribution in [3.63, 3.8) is 0 Å². The zero-order valence-electron chi connectivity index (χ0n) is 16.5. The standard InChI is InChI=1S/C19H21N7O2S/c1-4-13(17(27)22-16-11(8-20)9-21-25(16)3)26-19(28)15-12-6-5-10(2)7-14(12)29-18(15)23-24-26/h9-10,13H,4-7H2,1-3H3,(H,22,27). The Bertz CT molecular complexity index is 1200. The molecule has 0 aromatic carbocycles. The van der Waals surface area contributed by atoms with E-state index in [0.717, 1.165) is 24.8 Å². The molecule has 1 N–H and O–H groups in total. The van der Waals surface area contributed by atoms with Gasteiger partial charge in [0.05, 0.1) is 11.6 Å². The monoisotopic (exact) mass is 411 g/mol. The summed E-state index contributed by atoms with van der Waals surface area (Å²) in [6.45, 7) is 4.02. The van der Waals surface area contributed by atoms with Crippen LogP contribution in [0.15, 0.2) is 11.0 Å². The molecule has 150 valence electrons. The summed E-state index contributed by atoms with van der Waals surface area (Å²) in [5.74, 6) is 0.453. The number of amides is 1. The Kier molecular flexibility index (Phi) is 4.92. The van der Waals surface area contributed by atoms with Crippen molar-refractivity contribution in [2.75, 3.05) is 5.32 Å². The van der Waals surface area contributed by atoms with Gasteiger partial charge < -0.3 is 5.32 Å². The number of rotatable bonds is 4. The fourth-order valence-corrected chi connectivity index (χ4v) is 5.13. The number of hydrogen-bond donors (Lipinski definition) is 1. The highest BCUT2D eigenvalue weighted by Gasteiger charge is 2.28. The van der Waals surface area contributed by atoms with Crippen molar-refractivity contribution in [2.45, 2.75) is 45.6 Å². The molecular formula is C19H21N7O2S. The Morgan fingerprint density at radius 3 is 3.03 bits per heavy atom. The van der Waals surface area contributed by atoms with E-state index in [4.69, 9.17) is 0 Å². The summed E-state index contributed by atoms with van der Waals surface area (Å²) in [5, 5.41) is 24.8. The molecule has 29 heavy (non-hydrogen) atoms. The van der Waals surface area contributed by atoms with Crippen molar-refractivity contribution < 1.29 is 4.79 Å². The van der Waals surface area contributed by atoms with Gasteiger partial charge >= 0.3 is 0 Å². The number of aromatic nitrogens is 5. The van der Waals surface area contributed by atoms with Crippen LogP contribution in [0, 0.1) is 17.2 Å². The number of fused-ring (bicyclic) bond motifs is 3. The highest BCUT2D eigenvalue weighted by molar-refractivity contribution is 7.18. The maximum Gasteiger partial charge on any atom is 0.279 e. The van der Waals surface area contributed by atoms with E-state index in [1.165, 1.54) is 31.8 Å². The minimum Gasteiger partial charge on any atom is -0.308 e. The molecule has 0 bridgehead atoms. The van der Waals surface area contributed by atoms with Crippen molar-refractivity contribution in [3.8, 4) is 6.07 Å². The second kappa shape index (κ2) is 7.40. The van der Waals surface area contributed by atoms with E-state index in [9.17, 15) is 14.9 Å². The fraction of sp³-hybridized carbons (Fsp3) is 0.474. The van der Waals surface area contributed by atoms with Gasteiger partial charge in [-0.2, -0.15) is 15.0 Å². The molecule has 0 spiro atoms. The van der Waals surface area contributed by atoms with Crippen LogP contribution in [0.25, 0.3) is 10.2 Å². The lowest BCUT2D eigenvalue weighted by Crippen LogP contribution is -2.36. The minimum atomic E-state index is -0.834. The second-order valence-electron chi connectivity index (χ2n) is 7.43. The third-order valence-corrected chi connectivity index (χ3v) is 6.57. The minimum absolute atomic E-state index is 0.255. The molecule has 2 atom stereocenters. The summed E-state index contributed by atoms with van der Waals surface area (Å²) in [6.07, 6.45) is 4.57. The van der Waals surface area contributed by atoms with Gasteiger partial charge in [-0.25, -0.2) is 0 Å². The van der Waals surface area contributed by atoms with E-state index in [-0.39, 0.29) is 11.1 Å². The summed E-state index contributed by atoms with van der Waals surface area (Å²) < 4.78 is 2.59. The van der Waals surface area contributed by atoms with E-state index in [0.29, 0.717) is 28.4 Å². The van der Waals surface area contributed by atoms with Crippen LogP contribution in [0.3, 0.4) is 0 Å². The smallest absolute Gasteiger partial charge is 0.279 e. The number of nitriles is 1. The lowest BCUT2D eigenvalue weighted by molar-refractivity contribution is -0.119. The Hall–Kier alpha value is -3.06. The van der Waals surface area contributed by atoms with Gasteiger partial charge in [0.25, 0.3) is 11.5 Å². The Balaban J connectivity index is 1.73. The van der Waals surface area contributed by atoms with E-state index >= 15 is 0 Å². The third kappa shape index (κ3) is 3.21. The van der Waals surface area contributed by atoms with Crippen LogP contribution >= 0.6 is 11.3 Å². The Morgan fingerprint density at radius 2 is 2.31 bits per heavy atom. The van der Waals surface area contributed by atoms with Crippen molar-refractivity contribution in [1.82, 2.24) is 24.8 Å². The first-order valence-electron chi connectivity index (χ1n) is 9.57. The summed E-state index contributed by atoms with van der Waals surface area (Å²) in [7, 11) is 1.63. The average molecular weight is 411 g/mol. The molecule has 9 nitrogen and oxygen atoms in total. The van der Waals surface area contributed by atoms with Crippen molar-refractivity contribution >= 4 is 33.3 Å². The molecule has 3 aromatic heterocycles. The molecule has 0 fully saturated rings. The van der Waals surface area contributed by atoms with Gasteiger partial charge in [0, 0.05) is 11.9 Å².